The highest BCUT2D eigenvalue weighted by Crippen LogP contribution is 2.61. The lowest BCUT2D eigenvalue weighted by Crippen LogP contribution is -2.39. The molecule has 6 nitrogen and oxygen atoms in total. The number of aryl methyl sites for hydroxylation is 1. The Morgan fingerprint density at radius 2 is 2.06 bits per heavy atom. The van der Waals surface area contributed by atoms with E-state index in [1.165, 1.54) is 25.7 Å². The summed E-state index contributed by atoms with van der Waals surface area (Å²) in [6.07, 6.45) is 18.6. The van der Waals surface area contributed by atoms with Crippen molar-refractivity contribution in [2.75, 3.05) is 6.54 Å². The van der Waals surface area contributed by atoms with Crippen molar-refractivity contribution in [3.8, 4) is 12.1 Å². The third-order valence-corrected chi connectivity index (χ3v) is 7.78. The smallest absolute Gasteiger partial charge is 0.130 e. The van der Waals surface area contributed by atoms with Gasteiger partial charge in [0.05, 0.1) is 36.5 Å². The average Bonchev–Trinajstić information content (AvgIpc) is 3.37. The number of aromatic nitrogens is 2. The van der Waals surface area contributed by atoms with Crippen LogP contribution in [0.3, 0.4) is 0 Å². The lowest BCUT2D eigenvalue weighted by atomic mass is 9.73. The molecular weight excluding hydrogens is 396 g/mol. The molecule has 3 atom stereocenters. The van der Waals surface area contributed by atoms with Crippen molar-refractivity contribution in [2.45, 2.75) is 70.3 Å². The van der Waals surface area contributed by atoms with E-state index in [4.69, 9.17) is 15.2 Å². The zero-order valence-electron chi connectivity index (χ0n) is 18.6. The van der Waals surface area contributed by atoms with Crippen molar-refractivity contribution in [1.82, 2.24) is 15.3 Å². The van der Waals surface area contributed by atoms with E-state index in [0.717, 1.165) is 54.0 Å². The van der Waals surface area contributed by atoms with Crippen LogP contribution in [-0.4, -0.2) is 28.4 Å². The lowest BCUT2D eigenvalue weighted by molar-refractivity contribution is 0.243. The van der Waals surface area contributed by atoms with Crippen LogP contribution in [0.1, 0.15) is 74.7 Å². The molecular formula is C26H30N6. The number of hydrogen-bond acceptors (Lipinski definition) is 5. The first kappa shape index (κ1) is 20.9. The predicted octanol–water partition coefficient (Wildman–Crippen LogP) is 4.60. The van der Waals surface area contributed by atoms with Crippen molar-refractivity contribution >= 4 is 17.5 Å². The van der Waals surface area contributed by atoms with Gasteiger partial charge in [0.2, 0.25) is 0 Å². The molecule has 0 bridgehead atoms. The van der Waals surface area contributed by atoms with Crippen molar-refractivity contribution < 1.29 is 0 Å². The Labute approximate surface area is 190 Å². The molecule has 32 heavy (non-hydrogen) atoms. The first-order valence-corrected chi connectivity index (χ1v) is 12.1. The third-order valence-electron chi connectivity index (χ3n) is 7.78. The number of nitrogens with zero attached hydrogens (tertiary/aromatic N) is 5. The van der Waals surface area contributed by atoms with E-state index in [1.54, 1.807) is 6.33 Å². The van der Waals surface area contributed by atoms with Crippen LogP contribution in [0.25, 0.3) is 11.6 Å². The number of rotatable bonds is 6. The Balaban J connectivity index is 1.60. The molecule has 0 spiro atoms. The van der Waals surface area contributed by atoms with Crippen molar-refractivity contribution in [1.29, 1.82) is 10.5 Å². The molecule has 0 radical (unpaired) electrons. The molecule has 2 saturated carbocycles. The fraction of sp³-hybridized carbons (Fsp3) is 0.577. The topological polar surface area (TPSA) is 97.8 Å². The number of fused-ring (bicyclic) bond motifs is 2. The van der Waals surface area contributed by atoms with E-state index in [0.29, 0.717) is 37.3 Å². The van der Waals surface area contributed by atoms with Gasteiger partial charge < -0.3 is 5.32 Å². The summed E-state index contributed by atoms with van der Waals surface area (Å²) < 4.78 is 0. The van der Waals surface area contributed by atoms with Gasteiger partial charge in [-0.05, 0) is 37.5 Å². The van der Waals surface area contributed by atoms with E-state index >= 15 is 0 Å². The van der Waals surface area contributed by atoms with Gasteiger partial charge in [-0.1, -0.05) is 43.9 Å². The summed E-state index contributed by atoms with van der Waals surface area (Å²) in [6, 6.07) is 5.02. The van der Waals surface area contributed by atoms with E-state index < -0.39 is 0 Å². The summed E-state index contributed by atoms with van der Waals surface area (Å²) >= 11 is 0. The molecule has 1 N–H and O–H groups in total. The molecule has 0 saturated heterocycles. The van der Waals surface area contributed by atoms with Gasteiger partial charge in [-0.3, -0.25) is 4.99 Å². The summed E-state index contributed by atoms with van der Waals surface area (Å²) in [6.45, 7) is 0.475. The quantitative estimate of drug-likeness (QED) is 0.670. The van der Waals surface area contributed by atoms with Gasteiger partial charge in [-0.25, -0.2) is 9.97 Å². The summed E-state index contributed by atoms with van der Waals surface area (Å²) in [5.41, 5.74) is 4.15. The lowest BCUT2D eigenvalue weighted by Gasteiger charge is -2.33. The summed E-state index contributed by atoms with van der Waals surface area (Å²) in [5.74, 6) is 1.84. The van der Waals surface area contributed by atoms with Gasteiger partial charge in [0.15, 0.2) is 0 Å². The highest BCUT2D eigenvalue weighted by Gasteiger charge is 2.61. The maximum Gasteiger partial charge on any atom is 0.130 e. The highest BCUT2D eigenvalue weighted by molar-refractivity contribution is 6.24. The van der Waals surface area contributed by atoms with Crippen LogP contribution in [0.4, 0.5) is 0 Å². The normalized spacial score (nSPS) is 28.5. The van der Waals surface area contributed by atoms with Crippen LogP contribution in [0.2, 0.25) is 0 Å². The van der Waals surface area contributed by atoms with E-state index in [1.807, 2.05) is 0 Å². The van der Waals surface area contributed by atoms with Crippen LogP contribution in [-0.2, 0) is 6.42 Å². The molecule has 1 aromatic heterocycles. The second-order valence-electron chi connectivity index (χ2n) is 9.60. The molecule has 3 aliphatic carbocycles. The summed E-state index contributed by atoms with van der Waals surface area (Å²) in [4.78, 5) is 14.1. The first-order valence-electron chi connectivity index (χ1n) is 12.1. The zero-order chi connectivity index (χ0) is 22.0. The number of hydrogen-bond donors (Lipinski definition) is 1. The number of amidine groups is 1. The maximum absolute atomic E-state index is 9.65. The second-order valence-corrected chi connectivity index (χ2v) is 9.60. The van der Waals surface area contributed by atoms with Gasteiger partial charge in [0.25, 0.3) is 0 Å². The maximum atomic E-state index is 9.65. The standard InChI is InChI=1S/C26H30N6/c27-12-6-14-29-25-20(24-19-9-2-1-3-10-22(19)30-17-31-24)15-26(16-23(26)32-25)21(11-13-28)18-7-4-5-8-18/h2,9,15,17-18,21,23H,1,3-8,10-11,14,16H2,(H,29,32). The Bertz CT molecular complexity index is 1050. The Kier molecular flexibility index (Phi) is 5.79. The minimum atomic E-state index is 0.000591. The van der Waals surface area contributed by atoms with Crippen LogP contribution in [0.15, 0.2) is 23.5 Å². The minimum Gasteiger partial charge on any atom is -0.366 e. The van der Waals surface area contributed by atoms with Gasteiger partial charge in [-0.15, -0.1) is 0 Å². The molecule has 1 aromatic rings. The van der Waals surface area contributed by atoms with Crippen molar-refractivity contribution in [3.63, 3.8) is 0 Å². The van der Waals surface area contributed by atoms with Crippen molar-refractivity contribution in [3.05, 3.63) is 35.4 Å². The molecule has 4 aliphatic rings. The summed E-state index contributed by atoms with van der Waals surface area (Å²) in [5, 5.41) is 22.4. The second kappa shape index (κ2) is 8.87. The van der Waals surface area contributed by atoms with Crippen LogP contribution < -0.4 is 5.32 Å². The number of nitriles is 2. The SMILES string of the molecule is N#CCCN=C1NC2CC2(C(CC#N)C2CCCC2)C=C1c1ncnc2c1C=CCCC2. The summed E-state index contributed by atoms with van der Waals surface area (Å²) in [7, 11) is 0. The Hall–Kier alpha value is -2.99. The largest absolute Gasteiger partial charge is 0.366 e. The molecule has 2 fully saturated rings. The zero-order valence-corrected chi connectivity index (χ0v) is 18.6. The molecule has 0 aromatic carbocycles. The molecule has 2 heterocycles. The van der Waals surface area contributed by atoms with Crippen LogP contribution in [0.5, 0.6) is 0 Å². The van der Waals surface area contributed by atoms with Crippen LogP contribution >= 0.6 is 0 Å². The fourth-order valence-corrected chi connectivity index (χ4v) is 6.13. The van der Waals surface area contributed by atoms with E-state index in [-0.39, 0.29) is 5.41 Å². The van der Waals surface area contributed by atoms with Crippen molar-refractivity contribution in [2.24, 2.45) is 22.2 Å². The number of allylic oxidation sites excluding steroid dienone is 1. The van der Waals surface area contributed by atoms with Gasteiger partial charge in [0, 0.05) is 29.0 Å². The number of aliphatic imine (C=N–C) groups is 1. The molecule has 3 unspecified atom stereocenters. The third kappa shape index (κ3) is 3.73. The van der Waals surface area contributed by atoms with Gasteiger partial charge in [0.1, 0.15) is 12.2 Å². The molecule has 6 heteroatoms. The van der Waals surface area contributed by atoms with E-state index in [9.17, 15) is 5.26 Å². The molecule has 164 valence electrons. The first-order chi connectivity index (χ1) is 15.8. The highest BCUT2D eigenvalue weighted by atomic mass is 15.1. The Morgan fingerprint density at radius 3 is 2.88 bits per heavy atom. The van der Waals surface area contributed by atoms with E-state index in [2.05, 4.69) is 40.7 Å². The Morgan fingerprint density at radius 1 is 1.19 bits per heavy atom. The predicted molar refractivity (Wildman–Crippen MR) is 124 cm³/mol. The molecule has 1 aliphatic heterocycles. The van der Waals surface area contributed by atoms with Gasteiger partial charge >= 0.3 is 0 Å². The van der Waals surface area contributed by atoms with Gasteiger partial charge in [-0.2, -0.15) is 10.5 Å². The molecule has 0 amide bonds. The molecule has 5 rings (SSSR count). The minimum absolute atomic E-state index is 0.000591. The van der Waals surface area contributed by atoms with Crippen LogP contribution in [0, 0.1) is 39.9 Å². The monoisotopic (exact) mass is 426 g/mol. The fourth-order valence-electron chi connectivity index (χ4n) is 6.13. The average molecular weight is 427 g/mol. The number of nitrogens with one attached hydrogen (secondary N) is 1.